The zero-order chi connectivity index (χ0) is 22.2. The quantitative estimate of drug-likeness (QED) is 0.688. The number of aryl methyl sites for hydroxylation is 2. The Kier molecular flexibility index (Phi) is 5.76. The summed E-state index contributed by atoms with van der Waals surface area (Å²) in [5, 5.41) is 6.25. The van der Waals surface area contributed by atoms with Crippen molar-refractivity contribution < 1.29 is 14.4 Å². The molecule has 0 aromatic carbocycles. The number of piperidine rings is 1. The Balaban J connectivity index is 1.37. The van der Waals surface area contributed by atoms with Crippen LogP contribution in [0, 0.1) is 13.8 Å². The zero-order valence-corrected chi connectivity index (χ0v) is 18.7. The van der Waals surface area contributed by atoms with Gasteiger partial charge in [0.15, 0.2) is 5.13 Å². The number of rotatable bonds is 5. The Morgan fingerprint density at radius 3 is 2.52 bits per heavy atom. The van der Waals surface area contributed by atoms with Gasteiger partial charge in [0, 0.05) is 49.0 Å². The van der Waals surface area contributed by atoms with Gasteiger partial charge in [-0.2, -0.15) is 0 Å². The predicted molar refractivity (Wildman–Crippen MR) is 116 cm³/mol. The highest BCUT2D eigenvalue weighted by molar-refractivity contribution is 7.15. The maximum atomic E-state index is 13.2. The number of nitrogens with one attached hydrogen (secondary N) is 2. The fraction of sp³-hybridized carbons (Fsp3) is 0.476. The number of imide groups is 1. The van der Waals surface area contributed by atoms with E-state index in [2.05, 4.69) is 25.5 Å². The lowest BCUT2D eigenvalue weighted by atomic mass is 9.87. The highest BCUT2D eigenvalue weighted by Crippen LogP contribution is 2.31. The van der Waals surface area contributed by atoms with E-state index in [4.69, 9.17) is 0 Å². The van der Waals surface area contributed by atoms with Gasteiger partial charge in [0.25, 0.3) is 5.91 Å². The maximum Gasteiger partial charge on any atom is 0.325 e. The van der Waals surface area contributed by atoms with Crippen LogP contribution in [0.2, 0.25) is 0 Å². The molecule has 0 unspecified atom stereocenters. The van der Waals surface area contributed by atoms with Crippen molar-refractivity contribution in [1.82, 2.24) is 25.1 Å². The van der Waals surface area contributed by atoms with Gasteiger partial charge in [0.1, 0.15) is 5.54 Å². The molecule has 4 heterocycles. The number of carbonyl (C=O) groups excluding carboxylic acids is 3. The molecule has 10 heteroatoms. The van der Waals surface area contributed by atoms with Crippen molar-refractivity contribution in [2.45, 2.75) is 52.2 Å². The van der Waals surface area contributed by atoms with Gasteiger partial charge in [0.2, 0.25) is 5.91 Å². The van der Waals surface area contributed by atoms with Gasteiger partial charge in [-0.3, -0.25) is 24.4 Å². The number of thiazole rings is 1. The fourth-order valence-electron chi connectivity index (χ4n) is 4.26. The Bertz CT molecular complexity index is 1010. The second kappa shape index (κ2) is 8.35. The summed E-state index contributed by atoms with van der Waals surface area (Å²) in [6.07, 6.45) is 2.91. The molecular weight excluding hydrogens is 416 g/mol. The van der Waals surface area contributed by atoms with Crippen LogP contribution in [0.3, 0.4) is 0 Å². The molecule has 4 amide bonds. The average Bonchev–Trinajstić information content (AvgIpc) is 3.20. The first-order valence-corrected chi connectivity index (χ1v) is 11.1. The Morgan fingerprint density at radius 1 is 1.19 bits per heavy atom. The number of hydrogen-bond donors (Lipinski definition) is 2. The first-order chi connectivity index (χ1) is 14.7. The minimum absolute atomic E-state index is 0.141. The van der Waals surface area contributed by atoms with Crippen LogP contribution in [-0.4, -0.2) is 56.2 Å². The Labute approximate surface area is 184 Å². The number of nitrogens with zero attached hydrogens (tertiary/aromatic N) is 4. The average molecular weight is 443 g/mol. The third-order valence-electron chi connectivity index (χ3n) is 5.65. The molecule has 2 fully saturated rings. The molecule has 0 atom stereocenters. The van der Waals surface area contributed by atoms with Crippen LogP contribution < -0.4 is 10.6 Å². The Hall–Kier alpha value is -2.85. The zero-order valence-electron chi connectivity index (χ0n) is 17.9. The molecule has 2 aromatic rings. The molecule has 31 heavy (non-hydrogen) atoms. The summed E-state index contributed by atoms with van der Waals surface area (Å²) < 4.78 is 0. The predicted octanol–water partition coefficient (Wildman–Crippen LogP) is 2.20. The van der Waals surface area contributed by atoms with Crippen LogP contribution in [0.25, 0.3) is 0 Å². The summed E-state index contributed by atoms with van der Waals surface area (Å²) >= 11 is 1.45. The summed E-state index contributed by atoms with van der Waals surface area (Å²) in [5.74, 6) is -0.284. The molecule has 2 aliphatic heterocycles. The number of hydrogen-bond acceptors (Lipinski definition) is 7. The molecule has 0 bridgehead atoms. The monoisotopic (exact) mass is 442 g/mol. The van der Waals surface area contributed by atoms with E-state index in [1.807, 2.05) is 26.0 Å². The lowest BCUT2D eigenvalue weighted by Gasteiger charge is -2.37. The van der Waals surface area contributed by atoms with Gasteiger partial charge >= 0.3 is 6.03 Å². The number of anilines is 1. The summed E-state index contributed by atoms with van der Waals surface area (Å²) in [5.41, 5.74) is 1.83. The third-order valence-corrected chi connectivity index (χ3v) is 6.55. The van der Waals surface area contributed by atoms with Crippen LogP contribution in [-0.2, 0) is 22.7 Å². The first kappa shape index (κ1) is 21.4. The van der Waals surface area contributed by atoms with Crippen LogP contribution in [0.5, 0.6) is 0 Å². The first-order valence-electron chi connectivity index (χ1n) is 10.3. The second-order valence-electron chi connectivity index (χ2n) is 8.25. The molecular formula is C21H26N6O3S. The lowest BCUT2D eigenvalue weighted by Crippen LogP contribution is -2.54. The van der Waals surface area contributed by atoms with Crippen molar-refractivity contribution in [1.29, 1.82) is 0 Å². The smallest absolute Gasteiger partial charge is 0.323 e. The fourth-order valence-corrected chi connectivity index (χ4v) is 5.16. The maximum absolute atomic E-state index is 13.2. The number of amides is 4. The second-order valence-corrected chi connectivity index (χ2v) is 9.37. The summed E-state index contributed by atoms with van der Waals surface area (Å²) in [6.45, 7) is 7.62. The summed E-state index contributed by atoms with van der Waals surface area (Å²) in [6, 6.07) is 3.49. The highest BCUT2D eigenvalue weighted by atomic mass is 32.1. The van der Waals surface area contributed by atoms with Gasteiger partial charge in [-0.1, -0.05) is 0 Å². The van der Waals surface area contributed by atoms with Crippen molar-refractivity contribution in [3.05, 3.63) is 40.2 Å². The third kappa shape index (κ3) is 4.59. The molecule has 2 saturated heterocycles. The molecule has 2 N–H and O–H groups in total. The SMILES string of the molecule is CC(=O)Nc1ncc(CN2CCC3(CC2)NC(=O)N(Cc2cc(C)nc(C)c2)C3=O)s1. The minimum Gasteiger partial charge on any atom is -0.323 e. The van der Waals surface area contributed by atoms with E-state index < -0.39 is 5.54 Å². The van der Waals surface area contributed by atoms with E-state index in [1.54, 1.807) is 6.20 Å². The molecule has 0 aliphatic carbocycles. The molecule has 4 rings (SSSR count). The number of urea groups is 1. The Morgan fingerprint density at radius 2 is 1.87 bits per heavy atom. The van der Waals surface area contributed by atoms with Crippen molar-refractivity contribution in [3.8, 4) is 0 Å². The van der Waals surface area contributed by atoms with Crippen molar-refractivity contribution in [2.24, 2.45) is 0 Å². The number of pyridine rings is 1. The van der Waals surface area contributed by atoms with Crippen LogP contribution >= 0.6 is 11.3 Å². The van der Waals surface area contributed by atoms with Crippen molar-refractivity contribution >= 4 is 34.3 Å². The standard InChI is InChI=1S/C21H26N6O3S/c1-13-8-16(9-14(2)23-13)11-27-18(29)21(25-20(27)30)4-6-26(7-5-21)12-17-10-22-19(31-17)24-15(3)28/h8-10H,4-7,11-12H2,1-3H3,(H,25,30)(H,22,24,28). The topological polar surface area (TPSA) is 108 Å². The summed E-state index contributed by atoms with van der Waals surface area (Å²) in [4.78, 5) is 50.2. The van der Waals surface area contributed by atoms with Crippen molar-refractivity contribution in [3.63, 3.8) is 0 Å². The van der Waals surface area contributed by atoms with E-state index in [0.29, 0.717) is 37.6 Å². The molecule has 2 aromatic heterocycles. The molecule has 164 valence electrons. The van der Waals surface area contributed by atoms with Crippen molar-refractivity contribution in [2.75, 3.05) is 18.4 Å². The van der Waals surface area contributed by atoms with Crippen LogP contribution in [0.1, 0.15) is 41.6 Å². The van der Waals surface area contributed by atoms with Gasteiger partial charge in [-0.05, 0) is 44.4 Å². The summed E-state index contributed by atoms with van der Waals surface area (Å²) in [7, 11) is 0. The molecule has 1 spiro atoms. The number of likely N-dealkylation sites (tertiary alicyclic amines) is 1. The van der Waals surface area contributed by atoms with Gasteiger partial charge < -0.3 is 10.6 Å². The lowest BCUT2D eigenvalue weighted by molar-refractivity contribution is -0.133. The number of aromatic nitrogens is 2. The highest BCUT2D eigenvalue weighted by Gasteiger charge is 2.52. The molecule has 0 saturated carbocycles. The molecule has 0 radical (unpaired) electrons. The minimum atomic E-state index is -0.820. The molecule has 2 aliphatic rings. The normalized spacial score (nSPS) is 18.5. The van der Waals surface area contributed by atoms with Crippen LogP contribution in [0.4, 0.5) is 9.93 Å². The van der Waals surface area contributed by atoms with Crippen LogP contribution in [0.15, 0.2) is 18.3 Å². The largest absolute Gasteiger partial charge is 0.325 e. The van der Waals surface area contributed by atoms with Gasteiger partial charge in [-0.25, -0.2) is 9.78 Å². The molecule has 9 nitrogen and oxygen atoms in total. The van der Waals surface area contributed by atoms with E-state index in [-0.39, 0.29) is 24.4 Å². The van der Waals surface area contributed by atoms with E-state index in [9.17, 15) is 14.4 Å². The van der Waals surface area contributed by atoms with E-state index in [1.165, 1.54) is 23.2 Å². The van der Waals surface area contributed by atoms with Gasteiger partial charge in [-0.15, -0.1) is 11.3 Å². The van der Waals surface area contributed by atoms with E-state index >= 15 is 0 Å². The van der Waals surface area contributed by atoms with Gasteiger partial charge in [0.05, 0.1) is 6.54 Å². The van der Waals surface area contributed by atoms with E-state index in [0.717, 1.165) is 21.8 Å². The number of carbonyl (C=O) groups is 3.